The largest absolute Gasteiger partial charge is 0.589 e. The van der Waals surface area contributed by atoms with E-state index in [1.807, 2.05) is 41.5 Å². The summed E-state index contributed by atoms with van der Waals surface area (Å²) in [6, 6.07) is 0. The molecular formula is C12H58La2N3O18-. The molecule has 0 aliphatic heterocycles. The van der Waals surface area contributed by atoms with E-state index in [2.05, 4.69) is 24.4 Å². The van der Waals surface area contributed by atoms with Crippen molar-refractivity contribution in [2.24, 2.45) is 0 Å². The van der Waals surface area contributed by atoms with Crippen molar-refractivity contribution >= 4 is 18.8 Å². The molecule has 23 heteroatoms. The van der Waals surface area contributed by atoms with Crippen LogP contribution in [0.4, 0.5) is 9.59 Å². The summed E-state index contributed by atoms with van der Waals surface area (Å²) in [5, 5.41) is 7.52. The van der Waals surface area contributed by atoms with Gasteiger partial charge in [-0.1, -0.05) is 63.8 Å². The standard InChI is InChI=1S/C3HO9.3C2H6.3CH4.2La.3H3N.9H2O/c4-1-8-10-3(6)12-11-2(5)9-7;3*1-2;;;;;;;;;;;;;;;;;/h7H;3*1-2H3;3*1H4;;;3*1H3;9*1H2/q-1;;;;;;;;;;;;;;;;;;;;. The molecule has 0 fully saturated rings. The Hall–Kier alpha value is -0.120. The summed E-state index contributed by atoms with van der Waals surface area (Å²) in [7, 11) is 0. The smallest absolute Gasteiger partial charge is 0.494 e. The number of rotatable bonds is 2. The number of carbonyl (C=O) groups is 2. The molecule has 35 heavy (non-hydrogen) atoms. The van der Waals surface area contributed by atoms with Crippen molar-refractivity contribution in [3.8, 4) is 0 Å². The van der Waals surface area contributed by atoms with Gasteiger partial charge in [-0.2, -0.15) is 24.6 Å². The van der Waals surface area contributed by atoms with E-state index in [1.165, 1.54) is 0 Å². The fourth-order valence-corrected chi connectivity index (χ4v) is 0.148. The molecule has 0 atom stereocenters. The zero-order chi connectivity index (χ0) is 15.4. The second-order valence-corrected chi connectivity index (χ2v) is 1.01. The van der Waals surface area contributed by atoms with Crippen molar-refractivity contribution in [2.45, 2.75) is 63.8 Å². The third kappa shape index (κ3) is 291. The number of carbonyl (C=O) groups excluding carboxylic acids is 3. The normalized spacial score (nSPS) is 3.17. The molecule has 2 radical (unpaired) electrons. The van der Waals surface area contributed by atoms with E-state index in [4.69, 9.17) is 5.26 Å². The Kier molecular flexibility index (Phi) is 1540. The van der Waals surface area contributed by atoms with Crippen LogP contribution in [0.5, 0.6) is 0 Å². The maximum Gasteiger partial charge on any atom is 0.589 e. The van der Waals surface area contributed by atoms with Gasteiger partial charge in [-0.15, -0.1) is 0 Å². The maximum absolute atomic E-state index is 10.1. The molecule has 0 spiro atoms. The Labute approximate surface area is 263 Å². The van der Waals surface area contributed by atoms with Crippen LogP contribution >= 0.6 is 0 Å². The van der Waals surface area contributed by atoms with Gasteiger partial charge in [-0.3, -0.25) is 4.89 Å². The van der Waals surface area contributed by atoms with Gasteiger partial charge in [0, 0.05) is 71.2 Å². The van der Waals surface area contributed by atoms with Gasteiger partial charge in [0.05, 0.1) is 0 Å². The summed E-state index contributed by atoms with van der Waals surface area (Å²) in [6.45, 7) is 12.7. The Morgan fingerprint density at radius 3 is 0.914 bits per heavy atom. The van der Waals surface area contributed by atoms with Crippen LogP contribution in [0.15, 0.2) is 0 Å². The van der Waals surface area contributed by atoms with Crippen LogP contribution in [0.25, 0.3) is 0 Å². The van der Waals surface area contributed by atoms with E-state index in [-0.39, 0.29) is 161 Å². The van der Waals surface area contributed by atoms with Crippen molar-refractivity contribution in [2.75, 3.05) is 0 Å². The molecule has 0 aromatic heterocycles. The molecule has 0 aliphatic rings. The van der Waals surface area contributed by atoms with Crippen molar-refractivity contribution in [1.82, 2.24) is 18.5 Å². The predicted molar refractivity (Wildman–Crippen MR) is 126 cm³/mol. The fourth-order valence-electron chi connectivity index (χ4n) is 0.148. The van der Waals surface area contributed by atoms with Crippen LogP contribution < -0.4 is 18.5 Å². The predicted octanol–water partition coefficient (Wildman–Crippen LogP) is -2.27. The van der Waals surface area contributed by atoms with Crippen LogP contribution in [-0.4, -0.2) is 73.3 Å². The molecule has 0 heterocycles. The molecule has 0 saturated heterocycles. The first-order valence-electron chi connectivity index (χ1n) is 5.15. The Morgan fingerprint density at radius 2 is 0.743 bits per heavy atom. The second-order valence-electron chi connectivity index (χ2n) is 1.01. The molecule has 0 bridgehead atoms. The summed E-state index contributed by atoms with van der Waals surface area (Å²) >= 11 is 0. The third-order valence-corrected chi connectivity index (χ3v) is 0.396. The first kappa shape index (κ1) is 208. The van der Waals surface area contributed by atoms with Gasteiger partial charge in [-0.25, -0.2) is 4.89 Å². The fraction of sp³-hybridized carbons (Fsp3) is 0.750. The van der Waals surface area contributed by atoms with Gasteiger partial charge >= 0.3 is 12.3 Å². The van der Waals surface area contributed by atoms with Gasteiger partial charge in [0.1, 0.15) is 0 Å². The van der Waals surface area contributed by atoms with Gasteiger partial charge in [-0.05, 0) is 6.47 Å². The van der Waals surface area contributed by atoms with Crippen LogP contribution in [-0.2, 0) is 29.2 Å². The molecule has 0 aromatic rings. The van der Waals surface area contributed by atoms with Crippen molar-refractivity contribution in [1.29, 1.82) is 0 Å². The Morgan fingerprint density at radius 1 is 0.543 bits per heavy atom. The average Bonchev–Trinajstić information content (AvgIpc) is 2.48. The van der Waals surface area contributed by atoms with E-state index in [1.54, 1.807) is 0 Å². The van der Waals surface area contributed by atoms with Gasteiger partial charge in [0.15, 0.2) is 0 Å². The summed E-state index contributed by atoms with van der Waals surface area (Å²) in [4.78, 5) is 45.5. The molecule has 0 aromatic carbocycles. The Bertz CT molecular complexity index is 218. The number of hydrogen-bond donors (Lipinski definition) is 4. The minimum atomic E-state index is -1.71. The van der Waals surface area contributed by atoms with Crippen molar-refractivity contribution < 1.29 is 165 Å². The second kappa shape index (κ2) is 260. The van der Waals surface area contributed by atoms with E-state index < -0.39 is 12.3 Å². The topological polar surface area (TPSA) is 506 Å². The summed E-state index contributed by atoms with van der Waals surface area (Å²) in [5.74, 6) is 0. The summed E-state index contributed by atoms with van der Waals surface area (Å²) < 4.78 is 0. The molecule has 0 aliphatic carbocycles. The van der Waals surface area contributed by atoms with Crippen LogP contribution in [0.3, 0.4) is 0 Å². The SMILES string of the molecule is C.C.C.CC.CC.CC.N.N.N.O.O.O.O.O.O.O.O.O.O=[C-]OOC(=O)OOC(=O)OO.[La].[La]. The van der Waals surface area contributed by atoms with E-state index in [9.17, 15) is 14.4 Å². The van der Waals surface area contributed by atoms with Crippen molar-refractivity contribution in [3.63, 3.8) is 0 Å². The zero-order valence-electron chi connectivity index (χ0n) is 19.0. The van der Waals surface area contributed by atoms with Crippen LogP contribution in [0.2, 0.25) is 0 Å². The van der Waals surface area contributed by atoms with Crippen molar-refractivity contribution in [3.05, 3.63) is 0 Å². The minimum absolute atomic E-state index is 0. The molecular weight excluding hydrogens is 752 g/mol. The molecule has 0 unspecified atom stereocenters. The van der Waals surface area contributed by atoms with Gasteiger partial charge < -0.3 is 77.4 Å². The first-order valence-corrected chi connectivity index (χ1v) is 5.15. The summed E-state index contributed by atoms with van der Waals surface area (Å²) in [5.41, 5.74) is 0. The monoisotopic (exact) mass is 810 g/mol. The molecule has 0 rings (SSSR count). The van der Waals surface area contributed by atoms with E-state index >= 15 is 0 Å². The van der Waals surface area contributed by atoms with E-state index in [0.29, 0.717) is 6.47 Å². The summed E-state index contributed by atoms with van der Waals surface area (Å²) in [6.07, 6.45) is -3.37. The van der Waals surface area contributed by atoms with Crippen LogP contribution in [0, 0.1) is 71.2 Å². The van der Waals surface area contributed by atoms with E-state index in [0.717, 1.165) is 0 Å². The Balaban J connectivity index is -0.00000000419. The zero-order valence-corrected chi connectivity index (χ0v) is 26.2. The first-order chi connectivity index (χ1) is 8.70. The maximum atomic E-state index is 10.1. The average molecular weight is 810 g/mol. The van der Waals surface area contributed by atoms with Gasteiger partial charge in [0.25, 0.3) is 0 Å². The van der Waals surface area contributed by atoms with Gasteiger partial charge in [0.2, 0.25) is 0 Å². The van der Waals surface area contributed by atoms with Crippen LogP contribution in [0.1, 0.15) is 63.8 Å². The quantitative estimate of drug-likeness (QED) is 0.130. The molecule has 236 valence electrons. The molecule has 0 amide bonds. The third-order valence-electron chi connectivity index (χ3n) is 0.396. The minimum Gasteiger partial charge on any atom is -0.494 e. The molecule has 0 saturated carbocycles. The molecule has 28 N–H and O–H groups in total. The molecule has 21 nitrogen and oxygen atoms in total. The number of hydrogen-bond acceptors (Lipinski definition) is 12.